The molecule has 33 heavy (non-hydrogen) atoms. The van der Waals surface area contributed by atoms with E-state index in [9.17, 15) is 9.59 Å². The number of methoxy groups -OCH3 is 1. The molecule has 6 nitrogen and oxygen atoms in total. The van der Waals surface area contributed by atoms with E-state index < -0.39 is 11.8 Å². The lowest BCUT2D eigenvalue weighted by Gasteiger charge is -2.17. The number of halogens is 1. The fourth-order valence-corrected chi connectivity index (χ4v) is 3.82. The first-order valence-corrected chi connectivity index (χ1v) is 10.8. The number of hydrogen-bond acceptors (Lipinski definition) is 5. The largest absolute Gasteiger partial charge is 0.497 e. The average Bonchev–Trinajstić information content (AvgIpc) is 3.06. The fourth-order valence-electron chi connectivity index (χ4n) is 3.65. The van der Waals surface area contributed by atoms with Crippen LogP contribution in [0.25, 0.3) is 5.57 Å². The number of hydrogen-bond donors (Lipinski definition) is 1. The molecule has 0 atom stereocenters. The highest BCUT2D eigenvalue weighted by Gasteiger charge is 2.40. The SMILES string of the molecule is CCOc1cccc(N2C(=O)C(Nc3cc(Cl)ccc3C)=C(c3ccc(OC)cc3)C2=O)c1. The Kier molecular flexibility index (Phi) is 6.38. The normalized spacial score (nSPS) is 13.5. The summed E-state index contributed by atoms with van der Waals surface area (Å²) in [5.74, 6) is 0.339. The molecule has 0 aromatic heterocycles. The van der Waals surface area contributed by atoms with E-state index in [1.54, 1.807) is 67.8 Å². The summed E-state index contributed by atoms with van der Waals surface area (Å²) in [7, 11) is 1.57. The lowest BCUT2D eigenvalue weighted by atomic mass is 10.0. The molecule has 1 N–H and O–H groups in total. The molecule has 2 amide bonds. The fraction of sp³-hybridized carbons (Fsp3) is 0.154. The molecule has 1 aliphatic rings. The van der Waals surface area contributed by atoms with Crippen LogP contribution in [0.2, 0.25) is 5.02 Å². The van der Waals surface area contributed by atoms with E-state index in [4.69, 9.17) is 21.1 Å². The lowest BCUT2D eigenvalue weighted by Crippen LogP contribution is -2.32. The van der Waals surface area contributed by atoms with E-state index >= 15 is 0 Å². The molecule has 0 spiro atoms. The number of amides is 2. The predicted molar refractivity (Wildman–Crippen MR) is 130 cm³/mol. The summed E-state index contributed by atoms with van der Waals surface area (Å²) >= 11 is 6.18. The van der Waals surface area contributed by atoms with Gasteiger partial charge in [-0.2, -0.15) is 0 Å². The first-order chi connectivity index (χ1) is 15.9. The van der Waals surface area contributed by atoms with Gasteiger partial charge in [-0.15, -0.1) is 0 Å². The maximum atomic E-state index is 13.6. The van der Waals surface area contributed by atoms with Gasteiger partial charge in [0.2, 0.25) is 0 Å². The predicted octanol–water partition coefficient (Wildman–Crippen LogP) is 5.45. The summed E-state index contributed by atoms with van der Waals surface area (Å²) in [5, 5.41) is 3.69. The van der Waals surface area contributed by atoms with Crippen molar-refractivity contribution in [3.8, 4) is 11.5 Å². The lowest BCUT2D eigenvalue weighted by molar-refractivity contribution is -0.120. The Balaban J connectivity index is 1.82. The van der Waals surface area contributed by atoms with Crippen molar-refractivity contribution in [2.24, 2.45) is 0 Å². The van der Waals surface area contributed by atoms with Crippen LogP contribution in [0.1, 0.15) is 18.1 Å². The van der Waals surface area contributed by atoms with Crippen LogP contribution in [0, 0.1) is 6.92 Å². The van der Waals surface area contributed by atoms with Crippen molar-refractivity contribution in [1.82, 2.24) is 0 Å². The summed E-state index contributed by atoms with van der Waals surface area (Å²) < 4.78 is 10.8. The highest BCUT2D eigenvalue weighted by Crippen LogP contribution is 2.36. The number of nitrogens with zero attached hydrogens (tertiary/aromatic N) is 1. The van der Waals surface area contributed by atoms with Gasteiger partial charge in [-0.25, -0.2) is 4.90 Å². The minimum absolute atomic E-state index is 0.178. The Labute approximate surface area is 197 Å². The maximum absolute atomic E-state index is 13.6. The van der Waals surface area contributed by atoms with Crippen LogP contribution in [0.3, 0.4) is 0 Å². The quantitative estimate of drug-likeness (QED) is 0.473. The molecule has 0 radical (unpaired) electrons. The van der Waals surface area contributed by atoms with Crippen LogP contribution in [-0.2, 0) is 9.59 Å². The second-order valence-corrected chi connectivity index (χ2v) is 7.88. The Morgan fingerprint density at radius 3 is 2.39 bits per heavy atom. The van der Waals surface area contributed by atoms with Crippen molar-refractivity contribution in [2.75, 3.05) is 23.9 Å². The molecule has 0 fully saturated rings. The van der Waals surface area contributed by atoms with E-state index in [2.05, 4.69) is 5.32 Å². The van der Waals surface area contributed by atoms with Crippen molar-refractivity contribution in [1.29, 1.82) is 0 Å². The standard InChI is InChI=1S/C26H23ClN2O4/c1-4-33-21-7-5-6-19(15-21)29-25(30)23(17-9-12-20(32-3)13-10-17)24(26(29)31)28-22-14-18(27)11-8-16(22)2/h5-15,28H,4H2,1-3H3. The molecular weight excluding hydrogens is 440 g/mol. The second kappa shape index (κ2) is 9.38. The third kappa shape index (κ3) is 4.43. The molecule has 3 aromatic rings. The first kappa shape index (κ1) is 22.4. The van der Waals surface area contributed by atoms with E-state index in [0.717, 1.165) is 10.5 Å². The van der Waals surface area contributed by atoms with Gasteiger partial charge in [-0.1, -0.05) is 35.9 Å². The van der Waals surface area contributed by atoms with Gasteiger partial charge in [0.05, 0.1) is 25.0 Å². The van der Waals surface area contributed by atoms with Gasteiger partial charge in [0.1, 0.15) is 17.2 Å². The third-order valence-electron chi connectivity index (χ3n) is 5.31. The number of imide groups is 1. The summed E-state index contributed by atoms with van der Waals surface area (Å²) in [6, 6.07) is 19.3. The molecular formula is C26H23ClN2O4. The van der Waals surface area contributed by atoms with E-state index in [-0.39, 0.29) is 11.3 Å². The summed E-state index contributed by atoms with van der Waals surface area (Å²) in [6.45, 7) is 4.25. The summed E-state index contributed by atoms with van der Waals surface area (Å²) in [6.07, 6.45) is 0. The minimum atomic E-state index is -0.459. The van der Waals surface area contributed by atoms with E-state index in [1.165, 1.54) is 0 Å². The minimum Gasteiger partial charge on any atom is -0.497 e. The van der Waals surface area contributed by atoms with Crippen LogP contribution in [-0.4, -0.2) is 25.5 Å². The van der Waals surface area contributed by atoms with Gasteiger partial charge >= 0.3 is 0 Å². The molecule has 3 aromatic carbocycles. The average molecular weight is 463 g/mol. The molecule has 0 aliphatic carbocycles. The zero-order chi connectivity index (χ0) is 23.5. The van der Waals surface area contributed by atoms with Gasteiger partial charge < -0.3 is 14.8 Å². The number of carbonyl (C=O) groups excluding carboxylic acids is 2. The maximum Gasteiger partial charge on any atom is 0.282 e. The highest BCUT2D eigenvalue weighted by atomic mass is 35.5. The van der Waals surface area contributed by atoms with Gasteiger partial charge in [0.25, 0.3) is 11.8 Å². The van der Waals surface area contributed by atoms with E-state index in [1.807, 2.05) is 19.9 Å². The summed E-state index contributed by atoms with van der Waals surface area (Å²) in [4.78, 5) is 28.3. The second-order valence-electron chi connectivity index (χ2n) is 7.44. The van der Waals surface area contributed by atoms with Gasteiger partial charge in [-0.05, 0) is 61.4 Å². The van der Waals surface area contributed by atoms with Gasteiger partial charge in [0, 0.05) is 16.8 Å². The Hall–Kier alpha value is -3.77. The molecule has 0 saturated carbocycles. The molecule has 168 valence electrons. The monoisotopic (exact) mass is 462 g/mol. The molecule has 0 saturated heterocycles. The number of ether oxygens (including phenoxy) is 2. The van der Waals surface area contributed by atoms with Crippen molar-refractivity contribution in [2.45, 2.75) is 13.8 Å². The number of anilines is 2. The number of rotatable bonds is 7. The van der Waals surface area contributed by atoms with Crippen LogP contribution in [0.15, 0.2) is 72.4 Å². The Bertz CT molecular complexity index is 1250. The number of aryl methyl sites for hydroxylation is 1. The van der Waals surface area contributed by atoms with Crippen LogP contribution < -0.4 is 19.7 Å². The molecule has 7 heteroatoms. The molecule has 1 heterocycles. The van der Waals surface area contributed by atoms with Crippen molar-refractivity contribution in [3.63, 3.8) is 0 Å². The van der Waals surface area contributed by atoms with Crippen LogP contribution in [0.5, 0.6) is 11.5 Å². The topological polar surface area (TPSA) is 67.9 Å². The Morgan fingerprint density at radius 1 is 0.939 bits per heavy atom. The highest BCUT2D eigenvalue weighted by molar-refractivity contribution is 6.46. The zero-order valence-corrected chi connectivity index (χ0v) is 19.3. The first-order valence-electron chi connectivity index (χ1n) is 10.5. The molecule has 1 aliphatic heterocycles. The van der Waals surface area contributed by atoms with E-state index in [0.29, 0.717) is 40.1 Å². The summed E-state index contributed by atoms with van der Waals surface area (Å²) in [5.41, 5.74) is 3.01. The zero-order valence-electron chi connectivity index (χ0n) is 18.5. The van der Waals surface area contributed by atoms with Gasteiger partial charge in [0.15, 0.2) is 0 Å². The third-order valence-corrected chi connectivity index (χ3v) is 5.54. The number of nitrogens with one attached hydrogen (secondary N) is 1. The van der Waals surface area contributed by atoms with Crippen molar-refractivity contribution < 1.29 is 19.1 Å². The van der Waals surface area contributed by atoms with Crippen LogP contribution >= 0.6 is 11.6 Å². The molecule has 0 unspecified atom stereocenters. The number of benzene rings is 3. The molecule has 4 rings (SSSR count). The van der Waals surface area contributed by atoms with Crippen molar-refractivity contribution in [3.05, 3.63) is 88.6 Å². The van der Waals surface area contributed by atoms with Crippen LogP contribution in [0.4, 0.5) is 11.4 Å². The number of carbonyl (C=O) groups is 2. The Morgan fingerprint density at radius 2 is 1.70 bits per heavy atom. The molecule has 0 bridgehead atoms. The van der Waals surface area contributed by atoms with Crippen molar-refractivity contribution >= 4 is 40.4 Å². The van der Waals surface area contributed by atoms with Gasteiger partial charge in [-0.3, -0.25) is 9.59 Å². The smallest absolute Gasteiger partial charge is 0.282 e.